The molecule has 1 aromatic carbocycles. The van der Waals surface area contributed by atoms with E-state index in [1.807, 2.05) is 0 Å². The molecular formula is C13H15NO. The molecule has 0 saturated heterocycles. The van der Waals surface area contributed by atoms with Crippen LogP contribution >= 0.6 is 0 Å². The Morgan fingerprint density at radius 3 is 3.13 bits per heavy atom. The Morgan fingerprint density at radius 1 is 1.40 bits per heavy atom. The van der Waals surface area contributed by atoms with Gasteiger partial charge in [-0.2, -0.15) is 0 Å². The summed E-state index contributed by atoms with van der Waals surface area (Å²) in [4.78, 5) is 3.41. The Hall–Kier alpha value is -1.28. The first-order valence-electron chi connectivity index (χ1n) is 5.55. The third-order valence-electron chi connectivity index (χ3n) is 3.31. The third-order valence-corrected chi connectivity index (χ3v) is 3.31. The van der Waals surface area contributed by atoms with Crippen molar-refractivity contribution in [3.63, 3.8) is 0 Å². The lowest BCUT2D eigenvalue weighted by molar-refractivity contribution is 0.158. The van der Waals surface area contributed by atoms with Crippen LogP contribution in [0.3, 0.4) is 0 Å². The molecule has 0 radical (unpaired) electrons. The molecule has 0 saturated carbocycles. The van der Waals surface area contributed by atoms with Gasteiger partial charge in [0.1, 0.15) is 0 Å². The van der Waals surface area contributed by atoms with Gasteiger partial charge in [0, 0.05) is 22.2 Å². The first-order valence-corrected chi connectivity index (χ1v) is 5.55. The second-order valence-electron chi connectivity index (χ2n) is 4.47. The zero-order valence-electron chi connectivity index (χ0n) is 8.88. The monoisotopic (exact) mass is 201 g/mol. The summed E-state index contributed by atoms with van der Waals surface area (Å²) in [6.07, 6.45) is 2.78. The van der Waals surface area contributed by atoms with E-state index in [4.69, 9.17) is 0 Å². The van der Waals surface area contributed by atoms with Crippen LogP contribution in [0.1, 0.15) is 35.8 Å². The maximum Gasteiger partial charge on any atom is 0.0813 e. The highest BCUT2D eigenvalue weighted by atomic mass is 16.3. The van der Waals surface area contributed by atoms with E-state index in [2.05, 4.69) is 30.1 Å². The van der Waals surface area contributed by atoms with Gasteiger partial charge in [-0.1, -0.05) is 11.6 Å². The molecule has 1 heterocycles. The molecule has 1 unspecified atom stereocenters. The van der Waals surface area contributed by atoms with Crippen molar-refractivity contribution in [3.8, 4) is 0 Å². The molecule has 0 fully saturated rings. The summed E-state index contributed by atoms with van der Waals surface area (Å²) in [5.41, 5.74) is 4.78. The molecule has 78 valence electrons. The highest BCUT2D eigenvalue weighted by Gasteiger charge is 2.22. The molecule has 1 aliphatic carbocycles. The van der Waals surface area contributed by atoms with Crippen LogP contribution < -0.4 is 0 Å². The second kappa shape index (κ2) is 3.11. The lowest BCUT2D eigenvalue weighted by atomic mass is 9.92. The van der Waals surface area contributed by atoms with Crippen LogP contribution in [0.2, 0.25) is 0 Å². The van der Waals surface area contributed by atoms with Gasteiger partial charge in [0.05, 0.1) is 6.10 Å². The fraction of sp³-hybridized carbons (Fsp3) is 0.385. The van der Waals surface area contributed by atoms with Crippen molar-refractivity contribution in [1.82, 2.24) is 4.98 Å². The van der Waals surface area contributed by atoms with E-state index in [9.17, 15) is 5.11 Å². The predicted molar refractivity (Wildman–Crippen MR) is 60.9 cm³/mol. The van der Waals surface area contributed by atoms with E-state index in [1.165, 1.54) is 16.6 Å². The first kappa shape index (κ1) is 8.98. The van der Waals surface area contributed by atoms with E-state index in [0.717, 1.165) is 30.3 Å². The Labute approximate surface area is 88.9 Å². The number of hydrogen-bond acceptors (Lipinski definition) is 1. The topological polar surface area (TPSA) is 36.0 Å². The van der Waals surface area contributed by atoms with E-state index < -0.39 is 0 Å². The Balaban J connectivity index is 2.33. The molecule has 2 N–H and O–H groups in total. The summed E-state index contributed by atoms with van der Waals surface area (Å²) >= 11 is 0. The molecule has 1 atom stereocenters. The number of rotatable bonds is 0. The quantitative estimate of drug-likeness (QED) is 0.675. The maximum absolute atomic E-state index is 10.0. The fourth-order valence-corrected chi connectivity index (χ4v) is 2.58. The van der Waals surface area contributed by atoms with Gasteiger partial charge in [-0.15, -0.1) is 0 Å². The van der Waals surface area contributed by atoms with Gasteiger partial charge in [0.15, 0.2) is 0 Å². The highest BCUT2D eigenvalue weighted by Crippen LogP contribution is 2.35. The predicted octanol–water partition coefficient (Wildman–Crippen LogP) is 2.85. The van der Waals surface area contributed by atoms with Crippen molar-refractivity contribution in [3.05, 3.63) is 35.0 Å². The largest absolute Gasteiger partial charge is 0.388 e. The smallest absolute Gasteiger partial charge is 0.0813 e. The van der Waals surface area contributed by atoms with Crippen LogP contribution in [0.25, 0.3) is 10.9 Å². The number of aryl methyl sites for hydroxylation is 2. The molecule has 2 nitrogen and oxygen atoms in total. The Kier molecular flexibility index (Phi) is 1.86. The fourth-order valence-electron chi connectivity index (χ4n) is 2.58. The average molecular weight is 201 g/mol. The van der Waals surface area contributed by atoms with Gasteiger partial charge in [-0.25, -0.2) is 0 Å². The van der Waals surface area contributed by atoms with Crippen LogP contribution in [-0.2, 0) is 6.42 Å². The zero-order chi connectivity index (χ0) is 10.4. The summed E-state index contributed by atoms with van der Waals surface area (Å²) < 4.78 is 0. The van der Waals surface area contributed by atoms with Gasteiger partial charge in [-0.3, -0.25) is 0 Å². The number of fused-ring (bicyclic) bond motifs is 3. The summed E-state index contributed by atoms with van der Waals surface area (Å²) in [6.45, 7) is 2.09. The molecular weight excluding hydrogens is 186 g/mol. The number of aromatic nitrogens is 1. The molecule has 0 spiro atoms. The van der Waals surface area contributed by atoms with Crippen LogP contribution in [0.5, 0.6) is 0 Å². The molecule has 2 heteroatoms. The van der Waals surface area contributed by atoms with Crippen molar-refractivity contribution in [1.29, 1.82) is 0 Å². The van der Waals surface area contributed by atoms with Crippen LogP contribution in [0, 0.1) is 6.92 Å². The Bertz CT molecular complexity index is 512. The molecule has 0 aliphatic heterocycles. The maximum atomic E-state index is 10.0. The van der Waals surface area contributed by atoms with E-state index >= 15 is 0 Å². The molecule has 15 heavy (non-hydrogen) atoms. The van der Waals surface area contributed by atoms with Crippen LogP contribution in [0.15, 0.2) is 18.2 Å². The van der Waals surface area contributed by atoms with Crippen LogP contribution in [-0.4, -0.2) is 10.1 Å². The van der Waals surface area contributed by atoms with Crippen molar-refractivity contribution in [2.75, 3.05) is 0 Å². The number of hydrogen-bond donors (Lipinski definition) is 2. The first-order chi connectivity index (χ1) is 7.25. The Morgan fingerprint density at radius 2 is 2.27 bits per heavy atom. The molecule has 1 aromatic heterocycles. The molecule has 2 aromatic rings. The number of aliphatic hydroxyl groups excluding tert-OH is 1. The van der Waals surface area contributed by atoms with Gasteiger partial charge < -0.3 is 10.1 Å². The minimum Gasteiger partial charge on any atom is -0.388 e. The molecule has 0 amide bonds. The number of nitrogens with one attached hydrogen (secondary N) is 1. The van der Waals surface area contributed by atoms with E-state index in [1.54, 1.807) is 0 Å². The zero-order valence-corrected chi connectivity index (χ0v) is 8.88. The molecule has 3 rings (SSSR count). The summed E-state index contributed by atoms with van der Waals surface area (Å²) in [5.74, 6) is 0. The SMILES string of the molecule is Cc1ccc2[nH]c3c(c2c1)C(O)CCC3. The van der Waals surface area contributed by atoms with Gasteiger partial charge in [-0.05, 0) is 38.3 Å². The minimum atomic E-state index is -0.274. The lowest BCUT2D eigenvalue weighted by Gasteiger charge is -2.17. The second-order valence-corrected chi connectivity index (χ2v) is 4.47. The van der Waals surface area contributed by atoms with Crippen molar-refractivity contribution >= 4 is 10.9 Å². The molecule has 0 bridgehead atoms. The molecule has 1 aliphatic rings. The highest BCUT2D eigenvalue weighted by molar-refractivity contribution is 5.86. The summed E-state index contributed by atoms with van der Waals surface area (Å²) in [5, 5.41) is 11.2. The number of aliphatic hydroxyl groups is 1. The minimum absolute atomic E-state index is 0.274. The average Bonchev–Trinajstić information content (AvgIpc) is 2.57. The number of aromatic amines is 1. The number of benzene rings is 1. The third kappa shape index (κ3) is 1.29. The van der Waals surface area contributed by atoms with Crippen molar-refractivity contribution < 1.29 is 5.11 Å². The number of H-pyrrole nitrogens is 1. The van der Waals surface area contributed by atoms with Gasteiger partial charge in [0.25, 0.3) is 0 Å². The van der Waals surface area contributed by atoms with Gasteiger partial charge >= 0.3 is 0 Å². The van der Waals surface area contributed by atoms with Crippen molar-refractivity contribution in [2.45, 2.75) is 32.3 Å². The van der Waals surface area contributed by atoms with Crippen molar-refractivity contribution in [2.24, 2.45) is 0 Å². The summed E-state index contributed by atoms with van der Waals surface area (Å²) in [6, 6.07) is 6.38. The van der Waals surface area contributed by atoms with E-state index in [-0.39, 0.29) is 6.10 Å². The summed E-state index contributed by atoms with van der Waals surface area (Å²) in [7, 11) is 0. The van der Waals surface area contributed by atoms with Gasteiger partial charge in [0.2, 0.25) is 0 Å². The standard InChI is InChI=1S/C13H15NO/c1-8-5-6-10-9(7-8)13-11(14-10)3-2-4-12(13)15/h5-7,12,14-15H,2-4H2,1H3. The van der Waals surface area contributed by atoms with E-state index in [0.29, 0.717) is 0 Å². The van der Waals surface area contributed by atoms with Crippen LogP contribution in [0.4, 0.5) is 0 Å². The normalized spacial score (nSPS) is 20.5. The lowest BCUT2D eigenvalue weighted by Crippen LogP contribution is -2.07.